The topological polar surface area (TPSA) is 33.1 Å². The molecule has 1 aromatic heterocycles. The number of anilines is 1. The Kier molecular flexibility index (Phi) is 6.19. The van der Waals surface area contributed by atoms with Gasteiger partial charge in [-0.05, 0) is 19.9 Å². The summed E-state index contributed by atoms with van der Waals surface area (Å²) in [6.45, 7) is 9.47. The second-order valence-electron chi connectivity index (χ2n) is 4.92. The summed E-state index contributed by atoms with van der Waals surface area (Å²) in [7, 11) is 4.20. The Hall–Kier alpha value is -1.03. The smallest absolute Gasteiger partial charge is 0.131 e. The van der Waals surface area contributed by atoms with Gasteiger partial charge in [-0.15, -0.1) is 0 Å². The molecular formula is C14H28N4. The predicted octanol–water partition coefficient (Wildman–Crippen LogP) is 2.46. The van der Waals surface area contributed by atoms with Crippen LogP contribution >= 0.6 is 0 Å². The van der Waals surface area contributed by atoms with Gasteiger partial charge in [0, 0.05) is 32.7 Å². The maximum absolute atomic E-state index is 4.55. The summed E-state index contributed by atoms with van der Waals surface area (Å²) in [6.07, 6.45) is 3.81. The van der Waals surface area contributed by atoms with Crippen molar-refractivity contribution in [1.82, 2.24) is 15.1 Å². The van der Waals surface area contributed by atoms with E-state index in [4.69, 9.17) is 0 Å². The van der Waals surface area contributed by atoms with Gasteiger partial charge in [-0.1, -0.05) is 26.7 Å². The van der Waals surface area contributed by atoms with Gasteiger partial charge in [0.2, 0.25) is 0 Å². The van der Waals surface area contributed by atoms with E-state index in [9.17, 15) is 0 Å². The molecule has 0 amide bonds. The second-order valence-corrected chi connectivity index (χ2v) is 4.92. The van der Waals surface area contributed by atoms with E-state index in [1.54, 1.807) is 0 Å². The highest BCUT2D eigenvalue weighted by atomic mass is 15.4. The van der Waals surface area contributed by atoms with E-state index in [0.717, 1.165) is 25.3 Å². The Morgan fingerprint density at radius 2 is 2.00 bits per heavy atom. The Bertz CT molecular complexity index is 357. The molecule has 0 saturated carbocycles. The van der Waals surface area contributed by atoms with Crippen molar-refractivity contribution in [2.75, 3.05) is 25.0 Å². The highest BCUT2D eigenvalue weighted by molar-refractivity contribution is 5.49. The van der Waals surface area contributed by atoms with Crippen molar-refractivity contribution in [3.63, 3.8) is 0 Å². The van der Waals surface area contributed by atoms with E-state index in [0.29, 0.717) is 0 Å². The number of hydrogen-bond acceptors (Lipinski definition) is 3. The first-order chi connectivity index (χ1) is 8.61. The third-order valence-corrected chi connectivity index (χ3v) is 3.32. The first kappa shape index (κ1) is 15.0. The molecule has 0 bridgehead atoms. The van der Waals surface area contributed by atoms with E-state index < -0.39 is 0 Å². The van der Waals surface area contributed by atoms with Gasteiger partial charge in [0.15, 0.2) is 0 Å². The average molecular weight is 252 g/mol. The SMILES string of the molecule is CCCCCN(C)c1c(CNCC)c(C)nn1C. The van der Waals surface area contributed by atoms with Gasteiger partial charge in [0.05, 0.1) is 5.69 Å². The van der Waals surface area contributed by atoms with Crippen LogP contribution < -0.4 is 10.2 Å². The van der Waals surface area contributed by atoms with Crippen LogP contribution in [0.2, 0.25) is 0 Å². The molecule has 104 valence electrons. The third kappa shape index (κ3) is 3.73. The summed E-state index contributed by atoms with van der Waals surface area (Å²) >= 11 is 0. The zero-order valence-corrected chi connectivity index (χ0v) is 12.6. The lowest BCUT2D eigenvalue weighted by atomic mass is 10.2. The Morgan fingerprint density at radius 1 is 1.28 bits per heavy atom. The lowest BCUT2D eigenvalue weighted by molar-refractivity contribution is 0.670. The average Bonchev–Trinajstić information content (AvgIpc) is 2.61. The van der Waals surface area contributed by atoms with Gasteiger partial charge in [0.1, 0.15) is 5.82 Å². The quantitative estimate of drug-likeness (QED) is 0.722. The molecule has 0 aliphatic rings. The van der Waals surface area contributed by atoms with Crippen molar-refractivity contribution in [2.45, 2.75) is 46.6 Å². The summed E-state index contributed by atoms with van der Waals surface area (Å²) < 4.78 is 2.01. The molecule has 0 aromatic carbocycles. The van der Waals surface area contributed by atoms with E-state index in [1.807, 2.05) is 11.7 Å². The zero-order valence-electron chi connectivity index (χ0n) is 12.6. The number of nitrogens with one attached hydrogen (secondary N) is 1. The summed E-state index contributed by atoms with van der Waals surface area (Å²) in [5.41, 5.74) is 2.47. The molecule has 0 aliphatic carbocycles. The van der Waals surface area contributed by atoms with Crippen molar-refractivity contribution in [1.29, 1.82) is 0 Å². The van der Waals surface area contributed by atoms with Crippen molar-refractivity contribution >= 4 is 5.82 Å². The number of aryl methyl sites for hydroxylation is 2. The molecule has 0 radical (unpaired) electrons. The molecule has 0 saturated heterocycles. The Morgan fingerprint density at radius 3 is 2.61 bits per heavy atom. The summed E-state index contributed by atoms with van der Waals surface area (Å²) in [4.78, 5) is 2.34. The molecular weight excluding hydrogens is 224 g/mol. The fourth-order valence-corrected chi connectivity index (χ4v) is 2.33. The number of rotatable bonds is 8. The zero-order chi connectivity index (χ0) is 13.5. The number of hydrogen-bond donors (Lipinski definition) is 1. The first-order valence-corrected chi connectivity index (χ1v) is 7.06. The summed E-state index contributed by atoms with van der Waals surface area (Å²) in [5.74, 6) is 1.25. The van der Waals surface area contributed by atoms with Gasteiger partial charge < -0.3 is 10.2 Å². The highest BCUT2D eigenvalue weighted by Gasteiger charge is 2.15. The largest absolute Gasteiger partial charge is 0.360 e. The van der Waals surface area contributed by atoms with Crippen LogP contribution in [0.1, 0.15) is 44.4 Å². The van der Waals surface area contributed by atoms with E-state index in [-0.39, 0.29) is 0 Å². The number of nitrogens with zero attached hydrogens (tertiary/aromatic N) is 3. The first-order valence-electron chi connectivity index (χ1n) is 7.06. The highest BCUT2D eigenvalue weighted by Crippen LogP contribution is 2.22. The fraction of sp³-hybridized carbons (Fsp3) is 0.786. The molecule has 0 atom stereocenters. The maximum Gasteiger partial charge on any atom is 0.131 e. The monoisotopic (exact) mass is 252 g/mol. The van der Waals surface area contributed by atoms with Crippen molar-refractivity contribution < 1.29 is 0 Å². The summed E-state index contributed by atoms with van der Waals surface area (Å²) in [6, 6.07) is 0. The summed E-state index contributed by atoms with van der Waals surface area (Å²) in [5, 5.41) is 7.95. The van der Waals surface area contributed by atoms with E-state index >= 15 is 0 Å². The lowest BCUT2D eigenvalue weighted by Crippen LogP contribution is -2.24. The second kappa shape index (κ2) is 7.41. The van der Waals surface area contributed by atoms with Gasteiger partial charge in [-0.2, -0.15) is 5.10 Å². The van der Waals surface area contributed by atoms with Crippen molar-refractivity contribution in [3.05, 3.63) is 11.3 Å². The molecule has 4 nitrogen and oxygen atoms in total. The number of unbranched alkanes of at least 4 members (excludes halogenated alkanes) is 2. The molecule has 1 N–H and O–H groups in total. The lowest BCUT2D eigenvalue weighted by Gasteiger charge is -2.21. The van der Waals surface area contributed by atoms with Gasteiger partial charge in [-0.3, -0.25) is 4.68 Å². The van der Waals surface area contributed by atoms with Gasteiger partial charge in [0.25, 0.3) is 0 Å². The minimum Gasteiger partial charge on any atom is -0.360 e. The molecule has 1 rings (SSSR count). The minimum absolute atomic E-state index is 0.906. The Balaban J connectivity index is 2.78. The molecule has 18 heavy (non-hydrogen) atoms. The molecule has 0 unspecified atom stereocenters. The molecule has 1 heterocycles. The normalized spacial score (nSPS) is 10.9. The van der Waals surface area contributed by atoms with Crippen LogP contribution in [-0.4, -0.2) is 29.9 Å². The van der Waals surface area contributed by atoms with Crippen LogP contribution in [0.4, 0.5) is 5.82 Å². The van der Waals surface area contributed by atoms with Crippen molar-refractivity contribution in [3.8, 4) is 0 Å². The minimum atomic E-state index is 0.906. The van der Waals surface area contributed by atoms with E-state index in [2.05, 4.69) is 43.1 Å². The van der Waals surface area contributed by atoms with E-state index in [1.165, 1.54) is 30.6 Å². The van der Waals surface area contributed by atoms with Gasteiger partial charge >= 0.3 is 0 Å². The van der Waals surface area contributed by atoms with Crippen LogP contribution in [-0.2, 0) is 13.6 Å². The molecule has 4 heteroatoms. The third-order valence-electron chi connectivity index (χ3n) is 3.32. The molecule has 0 fully saturated rings. The Labute approximate surface area is 111 Å². The maximum atomic E-state index is 4.55. The van der Waals surface area contributed by atoms with Crippen LogP contribution in [0.25, 0.3) is 0 Å². The van der Waals surface area contributed by atoms with Crippen LogP contribution in [0.3, 0.4) is 0 Å². The van der Waals surface area contributed by atoms with Crippen LogP contribution in [0, 0.1) is 6.92 Å². The number of aromatic nitrogens is 2. The standard InChI is InChI=1S/C14H28N4/c1-6-8-9-10-17(4)14-13(11-15-7-2)12(3)16-18(14)5/h15H,6-11H2,1-5H3. The molecule has 0 aliphatic heterocycles. The molecule has 0 spiro atoms. The van der Waals surface area contributed by atoms with Crippen LogP contribution in [0.15, 0.2) is 0 Å². The van der Waals surface area contributed by atoms with Crippen LogP contribution in [0.5, 0.6) is 0 Å². The molecule has 1 aromatic rings. The van der Waals surface area contributed by atoms with Gasteiger partial charge in [-0.25, -0.2) is 0 Å². The van der Waals surface area contributed by atoms with Crippen molar-refractivity contribution in [2.24, 2.45) is 7.05 Å². The predicted molar refractivity (Wildman–Crippen MR) is 78.1 cm³/mol. The fourth-order valence-electron chi connectivity index (χ4n) is 2.33.